The zero-order chi connectivity index (χ0) is 27.6. The van der Waals surface area contributed by atoms with Gasteiger partial charge in [-0.1, -0.05) is 84.9 Å². The highest BCUT2D eigenvalue weighted by Gasteiger charge is 2.38. The average molecular weight is 535 g/mol. The lowest BCUT2D eigenvalue weighted by Crippen LogP contribution is -2.39. The minimum atomic E-state index is -0.794. The minimum absolute atomic E-state index is 0.0659. The van der Waals surface area contributed by atoms with Gasteiger partial charge in [0.15, 0.2) is 0 Å². The Morgan fingerprint density at radius 1 is 0.650 bits per heavy atom. The highest BCUT2D eigenvalue weighted by Crippen LogP contribution is 2.35. The minimum Gasteiger partial charge on any atom is -0.512 e. The van der Waals surface area contributed by atoms with Crippen LogP contribution in [0.3, 0.4) is 0 Å². The van der Waals surface area contributed by atoms with E-state index in [9.17, 15) is 9.90 Å². The Balaban J connectivity index is 1.22. The van der Waals surface area contributed by atoms with Gasteiger partial charge < -0.3 is 19.3 Å². The van der Waals surface area contributed by atoms with Crippen molar-refractivity contribution >= 4 is 5.97 Å². The zero-order valence-corrected chi connectivity index (χ0v) is 22.5. The molecule has 1 N–H and O–H groups in total. The normalized spacial score (nSPS) is 14.2. The van der Waals surface area contributed by atoms with Crippen LogP contribution in [0.4, 0.5) is 0 Å². The van der Waals surface area contributed by atoms with E-state index < -0.39 is 11.6 Å². The van der Waals surface area contributed by atoms with Crippen LogP contribution in [0, 0.1) is 0 Å². The van der Waals surface area contributed by atoms with Gasteiger partial charge in [0, 0.05) is 6.42 Å². The quantitative estimate of drug-likeness (QED) is 0.190. The first-order chi connectivity index (χ1) is 19.6. The number of hydrogen-bond acceptors (Lipinski definition) is 5. The highest BCUT2D eigenvalue weighted by atomic mass is 16.6. The number of carbonyl (C=O) groups excluding carboxylic acids is 1. The summed E-state index contributed by atoms with van der Waals surface area (Å²) in [6.45, 7) is 0.997. The molecular formula is C35H34O5. The first-order valence-corrected chi connectivity index (χ1v) is 13.7. The Morgan fingerprint density at radius 3 is 1.60 bits per heavy atom. The molecule has 1 heterocycles. The van der Waals surface area contributed by atoms with Crippen molar-refractivity contribution in [1.82, 2.24) is 0 Å². The highest BCUT2D eigenvalue weighted by molar-refractivity contribution is 5.83. The van der Waals surface area contributed by atoms with Gasteiger partial charge in [-0.3, -0.25) is 0 Å². The van der Waals surface area contributed by atoms with Gasteiger partial charge in [-0.2, -0.15) is 0 Å². The molecule has 0 saturated heterocycles. The van der Waals surface area contributed by atoms with Crippen LogP contribution in [0.1, 0.15) is 41.5 Å². The molecule has 4 aromatic carbocycles. The molecule has 0 unspecified atom stereocenters. The first kappa shape index (κ1) is 27.1. The molecule has 0 radical (unpaired) electrons. The summed E-state index contributed by atoms with van der Waals surface area (Å²) in [5, 5.41) is 10.4. The molecule has 1 aliphatic heterocycles. The topological polar surface area (TPSA) is 65.0 Å². The summed E-state index contributed by atoms with van der Waals surface area (Å²) in [5.41, 5.74) is 3.60. The van der Waals surface area contributed by atoms with Crippen LogP contribution in [0.5, 0.6) is 11.5 Å². The average Bonchev–Trinajstić information content (AvgIpc) is 2.98. The van der Waals surface area contributed by atoms with Gasteiger partial charge in [-0.25, -0.2) is 4.79 Å². The van der Waals surface area contributed by atoms with E-state index in [-0.39, 0.29) is 5.76 Å². The van der Waals surface area contributed by atoms with Crippen molar-refractivity contribution in [2.75, 3.05) is 0 Å². The molecule has 0 saturated carbocycles. The number of aliphatic hydroxyl groups excluding tert-OH is 1. The third-order valence-corrected chi connectivity index (χ3v) is 7.14. The molecule has 0 bridgehead atoms. The van der Waals surface area contributed by atoms with E-state index in [4.69, 9.17) is 14.2 Å². The Labute approximate surface area is 235 Å². The van der Waals surface area contributed by atoms with Crippen LogP contribution in [0.25, 0.3) is 0 Å². The fourth-order valence-electron chi connectivity index (χ4n) is 5.01. The maximum Gasteiger partial charge on any atom is 0.334 e. The molecule has 0 amide bonds. The van der Waals surface area contributed by atoms with Crippen LogP contribution in [0.2, 0.25) is 0 Å². The smallest absolute Gasteiger partial charge is 0.334 e. The molecule has 4 aromatic rings. The van der Waals surface area contributed by atoms with Crippen molar-refractivity contribution in [3.8, 4) is 11.5 Å². The summed E-state index contributed by atoms with van der Waals surface area (Å²) < 4.78 is 17.9. The number of ether oxygens (including phenoxy) is 3. The number of rotatable bonds is 12. The molecule has 0 spiro atoms. The number of benzene rings is 4. The summed E-state index contributed by atoms with van der Waals surface area (Å²) in [4.78, 5) is 12.4. The summed E-state index contributed by atoms with van der Waals surface area (Å²) in [5.74, 6) is 1.16. The van der Waals surface area contributed by atoms with Crippen molar-refractivity contribution < 1.29 is 24.1 Å². The Morgan fingerprint density at radius 2 is 1.12 bits per heavy atom. The van der Waals surface area contributed by atoms with Crippen LogP contribution >= 0.6 is 0 Å². The standard InChI is InChI=1S/C35H34O5/c36-31-23-34(37)40-35(24-31,19-17-27-13-7-15-32(21-27)38-25-29-9-3-1-4-10-29)20-18-28-14-8-16-33(22-28)39-26-30-11-5-2-6-12-30/h1-16,21-23,36H,17-20,24-26H2. The predicted molar refractivity (Wildman–Crippen MR) is 155 cm³/mol. The third kappa shape index (κ3) is 7.76. The largest absolute Gasteiger partial charge is 0.512 e. The SMILES string of the molecule is O=C1C=C(O)CC(CCc2cccc(OCc3ccccc3)c2)(CCc2cccc(OCc3ccccc3)c2)O1. The van der Waals surface area contributed by atoms with E-state index in [1.807, 2.05) is 97.1 Å². The van der Waals surface area contributed by atoms with Crippen molar-refractivity contribution in [2.24, 2.45) is 0 Å². The maximum absolute atomic E-state index is 12.4. The monoisotopic (exact) mass is 534 g/mol. The van der Waals surface area contributed by atoms with Gasteiger partial charge in [0.25, 0.3) is 0 Å². The Kier molecular flexibility index (Phi) is 8.82. The van der Waals surface area contributed by atoms with Gasteiger partial charge in [0.05, 0.1) is 6.08 Å². The van der Waals surface area contributed by atoms with E-state index in [1.54, 1.807) is 0 Å². The van der Waals surface area contributed by atoms with E-state index in [1.165, 1.54) is 6.08 Å². The second kappa shape index (κ2) is 13.0. The van der Waals surface area contributed by atoms with Gasteiger partial charge in [0.2, 0.25) is 0 Å². The summed E-state index contributed by atoms with van der Waals surface area (Å²) >= 11 is 0. The van der Waals surface area contributed by atoms with E-state index >= 15 is 0 Å². The predicted octanol–water partition coefficient (Wildman–Crippen LogP) is 7.54. The number of hydrogen-bond donors (Lipinski definition) is 1. The van der Waals surface area contributed by atoms with Gasteiger partial charge in [0.1, 0.15) is 36.1 Å². The van der Waals surface area contributed by atoms with Crippen LogP contribution in [-0.4, -0.2) is 16.7 Å². The van der Waals surface area contributed by atoms with Crippen molar-refractivity contribution in [1.29, 1.82) is 0 Å². The van der Waals surface area contributed by atoms with Crippen molar-refractivity contribution in [2.45, 2.75) is 50.9 Å². The molecule has 5 rings (SSSR count). The summed E-state index contributed by atoms with van der Waals surface area (Å²) in [6.07, 6.45) is 4.01. The number of aryl methyl sites for hydroxylation is 2. The van der Waals surface area contributed by atoms with Gasteiger partial charge in [-0.05, 0) is 72.2 Å². The molecule has 40 heavy (non-hydrogen) atoms. The second-order valence-corrected chi connectivity index (χ2v) is 10.3. The number of carbonyl (C=O) groups is 1. The summed E-state index contributed by atoms with van der Waals surface area (Å²) in [7, 11) is 0. The molecule has 0 aromatic heterocycles. The lowest BCUT2D eigenvalue weighted by atomic mass is 9.84. The first-order valence-electron chi connectivity index (χ1n) is 13.7. The van der Waals surface area contributed by atoms with Crippen LogP contribution in [-0.2, 0) is 35.6 Å². The maximum atomic E-state index is 12.4. The van der Waals surface area contributed by atoms with Crippen molar-refractivity contribution in [3.63, 3.8) is 0 Å². The molecule has 204 valence electrons. The summed E-state index contributed by atoms with van der Waals surface area (Å²) in [6, 6.07) is 36.1. The Bertz CT molecular complexity index is 1340. The van der Waals surface area contributed by atoms with Crippen LogP contribution < -0.4 is 9.47 Å². The van der Waals surface area contributed by atoms with E-state index in [0.29, 0.717) is 45.3 Å². The molecule has 0 atom stereocenters. The van der Waals surface area contributed by atoms with E-state index in [0.717, 1.165) is 33.8 Å². The Hall–Kier alpha value is -4.51. The molecule has 0 aliphatic carbocycles. The number of cyclic esters (lactones) is 1. The number of esters is 1. The van der Waals surface area contributed by atoms with Crippen molar-refractivity contribution in [3.05, 3.63) is 143 Å². The molecular weight excluding hydrogens is 500 g/mol. The van der Waals surface area contributed by atoms with Crippen LogP contribution in [0.15, 0.2) is 121 Å². The lowest BCUT2D eigenvalue weighted by molar-refractivity contribution is -0.158. The molecule has 0 fully saturated rings. The molecule has 1 aliphatic rings. The molecule has 5 heteroatoms. The zero-order valence-electron chi connectivity index (χ0n) is 22.5. The fourth-order valence-corrected chi connectivity index (χ4v) is 5.01. The molecule has 5 nitrogen and oxygen atoms in total. The lowest BCUT2D eigenvalue weighted by Gasteiger charge is -2.36. The third-order valence-electron chi connectivity index (χ3n) is 7.14. The van der Waals surface area contributed by atoms with Gasteiger partial charge >= 0.3 is 5.97 Å². The fraction of sp³-hybridized carbons (Fsp3) is 0.229. The van der Waals surface area contributed by atoms with E-state index in [2.05, 4.69) is 12.1 Å². The number of aliphatic hydroxyl groups is 1. The second-order valence-electron chi connectivity index (χ2n) is 10.3. The van der Waals surface area contributed by atoms with Gasteiger partial charge in [-0.15, -0.1) is 0 Å².